The van der Waals surface area contributed by atoms with E-state index < -0.39 is 6.04 Å². The van der Waals surface area contributed by atoms with Crippen molar-refractivity contribution in [2.24, 2.45) is 0 Å². The van der Waals surface area contributed by atoms with E-state index in [4.69, 9.17) is 17.0 Å². The van der Waals surface area contributed by atoms with E-state index in [0.29, 0.717) is 17.1 Å². The largest absolute Gasteiger partial charge is 0.376 e. The van der Waals surface area contributed by atoms with Crippen LogP contribution >= 0.6 is 12.2 Å². The maximum Gasteiger partial charge on any atom is 0.270 e. The van der Waals surface area contributed by atoms with E-state index in [2.05, 4.69) is 5.32 Å². The fourth-order valence-corrected chi connectivity index (χ4v) is 3.46. The van der Waals surface area contributed by atoms with Gasteiger partial charge in [0.15, 0.2) is 17.4 Å². The van der Waals surface area contributed by atoms with Crippen LogP contribution in [0.3, 0.4) is 0 Å². The molecule has 0 amide bonds. The monoisotopic (exact) mass is 369 g/mol. The minimum atomic E-state index is -0.560. The van der Waals surface area contributed by atoms with Crippen molar-refractivity contribution in [3.8, 4) is 0 Å². The van der Waals surface area contributed by atoms with E-state index in [9.17, 15) is 4.79 Å². The summed E-state index contributed by atoms with van der Waals surface area (Å²) in [6.45, 7) is 5.51. The van der Waals surface area contributed by atoms with Crippen LogP contribution in [0.2, 0.25) is 0 Å². The number of aryl methyl sites for hydroxylation is 2. The lowest BCUT2D eigenvalue weighted by molar-refractivity contribution is -0.692. The molecule has 2 atom stereocenters. The highest BCUT2D eigenvalue weighted by Gasteiger charge is 2.33. The summed E-state index contributed by atoms with van der Waals surface area (Å²) in [5, 5.41) is 3.26. The van der Waals surface area contributed by atoms with E-state index in [1.54, 1.807) is 0 Å². The van der Waals surface area contributed by atoms with Crippen LogP contribution in [0.5, 0.6) is 0 Å². The molecule has 136 valence electrons. The molecule has 0 spiro atoms. The van der Waals surface area contributed by atoms with Gasteiger partial charge >= 0.3 is 0 Å². The lowest BCUT2D eigenvalue weighted by Crippen LogP contribution is -2.52. The summed E-state index contributed by atoms with van der Waals surface area (Å²) in [5.41, 5.74) is 2.95. The fourth-order valence-electron chi connectivity index (χ4n) is 3.14. The van der Waals surface area contributed by atoms with Crippen molar-refractivity contribution in [2.75, 3.05) is 13.2 Å². The summed E-state index contributed by atoms with van der Waals surface area (Å²) >= 11 is 5.62. The number of hydrogen-bond donors (Lipinski definition) is 1. The third-order valence-corrected chi connectivity index (χ3v) is 5.22. The lowest BCUT2D eigenvalue weighted by Gasteiger charge is -2.17. The number of nitrogens with one attached hydrogen (secondary N) is 1. The summed E-state index contributed by atoms with van der Waals surface area (Å²) in [5.74, 6) is -0.00543. The number of rotatable bonds is 6. The second-order valence-electron chi connectivity index (χ2n) is 6.77. The quantitative estimate of drug-likeness (QED) is 0.483. The third kappa shape index (κ3) is 4.34. The van der Waals surface area contributed by atoms with Gasteiger partial charge in [-0.2, -0.15) is 4.57 Å². The smallest absolute Gasteiger partial charge is 0.270 e. The number of aromatic nitrogens is 1. The van der Waals surface area contributed by atoms with Crippen molar-refractivity contribution in [3.05, 3.63) is 65.5 Å². The Morgan fingerprint density at radius 1 is 1.27 bits per heavy atom. The number of Topliss-reactive ketones (excluding diaryl/α,β-unsaturated/α-hetero) is 1. The Bertz CT molecular complexity index is 786. The van der Waals surface area contributed by atoms with Crippen molar-refractivity contribution in [1.82, 2.24) is 5.32 Å². The molecule has 2 heterocycles. The first-order valence-corrected chi connectivity index (χ1v) is 9.43. The molecule has 1 aliphatic heterocycles. The number of benzene rings is 1. The second-order valence-corrected chi connectivity index (χ2v) is 7.21. The summed E-state index contributed by atoms with van der Waals surface area (Å²) < 4.78 is 7.51. The van der Waals surface area contributed by atoms with E-state index in [0.717, 1.165) is 25.0 Å². The molecule has 1 N–H and O–H groups in total. The van der Waals surface area contributed by atoms with E-state index in [1.165, 1.54) is 5.56 Å². The topological polar surface area (TPSA) is 42.2 Å². The van der Waals surface area contributed by atoms with Crippen LogP contribution in [0.1, 0.15) is 40.4 Å². The van der Waals surface area contributed by atoms with Gasteiger partial charge in [-0.05, 0) is 43.9 Å². The molecule has 26 heavy (non-hydrogen) atoms. The zero-order valence-corrected chi connectivity index (χ0v) is 16.1. The molecule has 5 heteroatoms. The molecule has 0 unspecified atom stereocenters. The Hall–Kier alpha value is -2.11. The maximum absolute atomic E-state index is 13.3. The Labute approximate surface area is 160 Å². The van der Waals surface area contributed by atoms with Gasteiger partial charge in [0, 0.05) is 30.8 Å². The summed E-state index contributed by atoms with van der Waals surface area (Å²) in [6, 6.07) is 11.0. The molecule has 1 aromatic carbocycles. The van der Waals surface area contributed by atoms with E-state index >= 15 is 0 Å². The zero-order chi connectivity index (χ0) is 18.5. The van der Waals surface area contributed by atoms with Gasteiger partial charge in [-0.25, -0.2) is 0 Å². The van der Waals surface area contributed by atoms with Crippen LogP contribution < -0.4 is 9.88 Å². The normalized spacial score (nSPS) is 17.7. The number of thiocarbonyl (C=S) groups is 1. The number of hydrogen-bond acceptors (Lipinski definition) is 3. The molecule has 0 radical (unpaired) electrons. The second kappa shape index (κ2) is 8.52. The molecule has 1 saturated heterocycles. The maximum atomic E-state index is 13.3. The van der Waals surface area contributed by atoms with Crippen molar-refractivity contribution in [3.63, 3.8) is 0 Å². The Kier molecular flexibility index (Phi) is 6.12. The van der Waals surface area contributed by atoms with Gasteiger partial charge in [-0.15, -0.1) is 0 Å². The lowest BCUT2D eigenvalue weighted by atomic mass is 9.99. The molecule has 0 bridgehead atoms. The van der Waals surface area contributed by atoms with Crippen LogP contribution in [0.25, 0.3) is 0 Å². The van der Waals surface area contributed by atoms with Gasteiger partial charge in [0.25, 0.3) is 6.04 Å². The molecular weight excluding hydrogens is 344 g/mol. The number of carbonyl (C=O) groups is 1. The van der Waals surface area contributed by atoms with Gasteiger partial charge < -0.3 is 10.1 Å². The minimum Gasteiger partial charge on any atom is -0.376 e. The average Bonchev–Trinajstić information content (AvgIpc) is 3.17. The number of pyridine rings is 1. The number of ether oxygens (including phenoxy) is 1. The van der Waals surface area contributed by atoms with Crippen LogP contribution in [-0.2, 0) is 4.74 Å². The molecule has 0 aliphatic carbocycles. The van der Waals surface area contributed by atoms with Crippen molar-refractivity contribution in [2.45, 2.75) is 38.8 Å². The first-order chi connectivity index (χ1) is 12.6. The highest BCUT2D eigenvalue weighted by molar-refractivity contribution is 7.80. The van der Waals surface area contributed by atoms with Gasteiger partial charge in [-0.1, -0.05) is 30.4 Å². The van der Waals surface area contributed by atoms with Gasteiger partial charge in [0.2, 0.25) is 5.78 Å². The SMILES string of the molecule is Cc1ccc(C(=O)[C@H](C(=S)NC[C@H]2CCCO2)[n+]2ccccc2)cc1C. The van der Waals surface area contributed by atoms with Gasteiger partial charge in [0.1, 0.15) is 0 Å². The highest BCUT2D eigenvalue weighted by Crippen LogP contribution is 2.16. The van der Waals surface area contributed by atoms with Crippen LogP contribution in [-0.4, -0.2) is 30.0 Å². The molecule has 0 saturated carbocycles. The molecule has 2 aromatic rings. The molecule has 4 nitrogen and oxygen atoms in total. The molecular formula is C21H25N2O2S+. The van der Waals surface area contributed by atoms with Crippen LogP contribution in [0.15, 0.2) is 48.8 Å². The first-order valence-electron chi connectivity index (χ1n) is 9.03. The molecule has 1 fully saturated rings. The van der Waals surface area contributed by atoms with Crippen molar-refractivity contribution in [1.29, 1.82) is 0 Å². The first kappa shape index (κ1) is 18.7. The summed E-state index contributed by atoms with van der Waals surface area (Å²) in [6.07, 6.45) is 6.04. The highest BCUT2D eigenvalue weighted by atomic mass is 32.1. The van der Waals surface area contributed by atoms with Crippen molar-refractivity contribution < 1.29 is 14.1 Å². The predicted molar refractivity (Wildman–Crippen MR) is 105 cm³/mol. The fraction of sp³-hybridized carbons (Fsp3) is 0.381. The third-order valence-electron chi connectivity index (χ3n) is 4.85. The van der Waals surface area contributed by atoms with Crippen molar-refractivity contribution >= 4 is 23.0 Å². The Morgan fingerprint density at radius 3 is 2.69 bits per heavy atom. The average molecular weight is 370 g/mol. The van der Waals surface area contributed by atoms with Crippen LogP contribution in [0.4, 0.5) is 0 Å². The molecule has 3 rings (SSSR count). The number of nitrogens with zero attached hydrogens (tertiary/aromatic N) is 1. The van der Waals surface area contributed by atoms with Crippen LogP contribution in [0, 0.1) is 13.8 Å². The van der Waals surface area contributed by atoms with E-state index in [1.807, 2.05) is 67.2 Å². The molecule has 1 aromatic heterocycles. The Balaban J connectivity index is 1.83. The van der Waals surface area contributed by atoms with Gasteiger partial charge in [0.05, 0.1) is 6.10 Å². The number of ketones is 1. The molecule has 1 aliphatic rings. The minimum absolute atomic E-state index is 0.00543. The standard InChI is InChI=1S/C21H24N2O2S/c1-15-8-9-17(13-16(15)2)20(24)19(23-10-4-3-5-11-23)21(26)22-14-18-7-6-12-25-18/h3-5,8-11,13,18-19H,6-7,12,14H2,1-2H3/p+1/t18-,19-/m1/s1. The number of carbonyl (C=O) groups excluding carboxylic acids is 1. The predicted octanol–water partition coefficient (Wildman–Crippen LogP) is 3.11. The zero-order valence-electron chi connectivity index (χ0n) is 15.3. The van der Waals surface area contributed by atoms with E-state index in [-0.39, 0.29) is 11.9 Å². The Morgan fingerprint density at radius 2 is 2.04 bits per heavy atom. The van der Waals surface area contributed by atoms with Gasteiger partial charge in [-0.3, -0.25) is 4.79 Å². The summed E-state index contributed by atoms with van der Waals surface area (Å²) in [4.78, 5) is 13.8. The summed E-state index contributed by atoms with van der Waals surface area (Å²) in [7, 11) is 0.